The van der Waals surface area contributed by atoms with Crippen LogP contribution in [-0.4, -0.2) is 44.4 Å². The second kappa shape index (κ2) is 12.3. The smallest absolute Gasteiger partial charge is 0.213 e. The standard InChI is InChI=1S/C17H28N4O2.HI/c1-18-17(21-15-6-4-3-5-7-15)20-13-14-8-9-16(19-12-14)23-11-10-22-2;/h8-9,12,15H,3-7,10-11,13H2,1-2H3,(H2,18,20,21);1H. The summed E-state index contributed by atoms with van der Waals surface area (Å²) in [5, 5.41) is 6.84. The van der Waals surface area contributed by atoms with Crippen molar-refractivity contribution in [1.29, 1.82) is 0 Å². The minimum atomic E-state index is 0. The Bertz CT molecular complexity index is 476. The molecule has 1 saturated carbocycles. The van der Waals surface area contributed by atoms with Crippen LogP contribution in [0, 0.1) is 0 Å². The average molecular weight is 448 g/mol. The summed E-state index contributed by atoms with van der Waals surface area (Å²) in [6.07, 6.45) is 8.26. The van der Waals surface area contributed by atoms with Gasteiger partial charge in [-0.15, -0.1) is 24.0 Å². The van der Waals surface area contributed by atoms with Crippen LogP contribution in [0.4, 0.5) is 0 Å². The van der Waals surface area contributed by atoms with Crippen molar-refractivity contribution in [3.63, 3.8) is 0 Å². The summed E-state index contributed by atoms with van der Waals surface area (Å²) in [5.74, 6) is 1.48. The lowest BCUT2D eigenvalue weighted by Crippen LogP contribution is -2.43. The molecule has 0 aromatic carbocycles. The minimum absolute atomic E-state index is 0. The number of aromatic nitrogens is 1. The van der Waals surface area contributed by atoms with Gasteiger partial charge in [0.25, 0.3) is 0 Å². The first-order valence-electron chi connectivity index (χ1n) is 8.35. The van der Waals surface area contributed by atoms with Gasteiger partial charge in [-0.05, 0) is 18.4 Å². The van der Waals surface area contributed by atoms with Crippen molar-refractivity contribution in [2.24, 2.45) is 4.99 Å². The molecule has 6 nitrogen and oxygen atoms in total. The van der Waals surface area contributed by atoms with Crippen molar-refractivity contribution in [1.82, 2.24) is 15.6 Å². The Morgan fingerprint density at radius 3 is 2.67 bits per heavy atom. The van der Waals surface area contributed by atoms with Gasteiger partial charge in [-0.3, -0.25) is 4.99 Å². The Kier molecular flexibility index (Phi) is 10.7. The van der Waals surface area contributed by atoms with Crippen molar-refractivity contribution >= 4 is 29.9 Å². The van der Waals surface area contributed by atoms with E-state index in [0.29, 0.717) is 31.7 Å². The second-order valence-corrected chi connectivity index (χ2v) is 5.75. The van der Waals surface area contributed by atoms with E-state index < -0.39 is 0 Å². The lowest BCUT2D eigenvalue weighted by Gasteiger charge is -2.24. The molecule has 0 spiro atoms. The quantitative estimate of drug-likeness (QED) is 0.291. The molecular formula is C17H29IN4O2. The van der Waals surface area contributed by atoms with Crippen molar-refractivity contribution < 1.29 is 9.47 Å². The molecule has 1 aliphatic rings. The predicted molar refractivity (Wildman–Crippen MR) is 107 cm³/mol. The van der Waals surface area contributed by atoms with E-state index >= 15 is 0 Å². The average Bonchev–Trinajstić information content (AvgIpc) is 2.61. The van der Waals surface area contributed by atoms with Crippen LogP contribution in [-0.2, 0) is 11.3 Å². The van der Waals surface area contributed by atoms with E-state index in [2.05, 4.69) is 20.6 Å². The van der Waals surface area contributed by atoms with Gasteiger partial charge in [-0.1, -0.05) is 25.3 Å². The summed E-state index contributed by atoms with van der Waals surface area (Å²) in [6, 6.07) is 4.43. The molecule has 0 atom stereocenters. The summed E-state index contributed by atoms with van der Waals surface area (Å²) in [5.41, 5.74) is 1.09. The number of nitrogens with one attached hydrogen (secondary N) is 2. The normalized spacial score (nSPS) is 15.5. The molecule has 1 fully saturated rings. The van der Waals surface area contributed by atoms with Crippen LogP contribution in [0.15, 0.2) is 23.3 Å². The fourth-order valence-electron chi connectivity index (χ4n) is 2.65. The second-order valence-electron chi connectivity index (χ2n) is 5.75. The van der Waals surface area contributed by atoms with Gasteiger partial charge < -0.3 is 20.1 Å². The third-order valence-electron chi connectivity index (χ3n) is 3.96. The van der Waals surface area contributed by atoms with Crippen LogP contribution in [0.25, 0.3) is 0 Å². The zero-order valence-electron chi connectivity index (χ0n) is 14.6. The van der Waals surface area contributed by atoms with Crippen molar-refractivity contribution in [2.45, 2.75) is 44.7 Å². The molecule has 0 unspecified atom stereocenters. The topological polar surface area (TPSA) is 67.8 Å². The maximum atomic E-state index is 5.46. The summed E-state index contributed by atoms with van der Waals surface area (Å²) >= 11 is 0. The highest BCUT2D eigenvalue weighted by molar-refractivity contribution is 14.0. The van der Waals surface area contributed by atoms with Gasteiger partial charge in [-0.25, -0.2) is 4.98 Å². The van der Waals surface area contributed by atoms with E-state index in [0.717, 1.165) is 11.5 Å². The highest BCUT2D eigenvalue weighted by Gasteiger charge is 2.14. The van der Waals surface area contributed by atoms with Gasteiger partial charge in [0.1, 0.15) is 6.61 Å². The third-order valence-corrected chi connectivity index (χ3v) is 3.96. The number of hydrogen-bond acceptors (Lipinski definition) is 4. The fourth-order valence-corrected chi connectivity index (χ4v) is 2.65. The molecule has 0 aliphatic heterocycles. The minimum Gasteiger partial charge on any atom is -0.475 e. The summed E-state index contributed by atoms with van der Waals surface area (Å²) in [6.45, 7) is 1.77. The molecular weight excluding hydrogens is 419 g/mol. The first-order valence-corrected chi connectivity index (χ1v) is 8.35. The van der Waals surface area contributed by atoms with Crippen LogP contribution in [0.2, 0.25) is 0 Å². The maximum Gasteiger partial charge on any atom is 0.213 e. The van der Waals surface area contributed by atoms with Crippen molar-refractivity contribution in [3.05, 3.63) is 23.9 Å². The van der Waals surface area contributed by atoms with Crippen LogP contribution < -0.4 is 15.4 Å². The molecule has 136 valence electrons. The third kappa shape index (κ3) is 7.65. The Labute approximate surface area is 161 Å². The number of aliphatic imine (C=N–C) groups is 1. The fraction of sp³-hybridized carbons (Fsp3) is 0.647. The van der Waals surface area contributed by atoms with Gasteiger partial charge in [0, 0.05) is 39.0 Å². The number of nitrogens with zero attached hydrogens (tertiary/aromatic N) is 2. The first kappa shape index (κ1) is 21.0. The lowest BCUT2D eigenvalue weighted by atomic mass is 9.96. The van der Waals surface area contributed by atoms with E-state index in [9.17, 15) is 0 Å². The first-order chi connectivity index (χ1) is 11.3. The Balaban J connectivity index is 0.00000288. The highest BCUT2D eigenvalue weighted by Crippen LogP contribution is 2.17. The molecule has 1 aliphatic carbocycles. The van der Waals surface area contributed by atoms with E-state index in [1.807, 2.05) is 25.4 Å². The monoisotopic (exact) mass is 448 g/mol. The predicted octanol–water partition coefficient (Wildman–Crippen LogP) is 2.72. The van der Waals surface area contributed by atoms with E-state index in [-0.39, 0.29) is 24.0 Å². The highest BCUT2D eigenvalue weighted by atomic mass is 127. The van der Waals surface area contributed by atoms with Gasteiger partial charge in [-0.2, -0.15) is 0 Å². The number of halogens is 1. The number of guanidine groups is 1. The maximum absolute atomic E-state index is 5.46. The lowest BCUT2D eigenvalue weighted by molar-refractivity contribution is 0.143. The number of ether oxygens (including phenoxy) is 2. The summed E-state index contributed by atoms with van der Waals surface area (Å²) < 4.78 is 10.4. The van der Waals surface area contributed by atoms with Crippen LogP contribution in [0.3, 0.4) is 0 Å². The molecule has 0 saturated heterocycles. The molecule has 2 N–H and O–H groups in total. The molecule has 1 aromatic heterocycles. The number of hydrogen-bond donors (Lipinski definition) is 2. The molecule has 2 rings (SSSR count). The summed E-state index contributed by atoms with van der Waals surface area (Å²) in [4.78, 5) is 8.59. The largest absolute Gasteiger partial charge is 0.475 e. The van der Waals surface area contributed by atoms with E-state index in [1.54, 1.807) is 7.11 Å². The molecule has 0 bridgehead atoms. The Morgan fingerprint density at radius 1 is 1.25 bits per heavy atom. The van der Waals surface area contributed by atoms with Crippen LogP contribution >= 0.6 is 24.0 Å². The van der Waals surface area contributed by atoms with Gasteiger partial charge in [0.05, 0.1) is 6.61 Å². The number of methoxy groups -OCH3 is 1. The summed E-state index contributed by atoms with van der Waals surface area (Å²) in [7, 11) is 3.46. The molecule has 0 amide bonds. The molecule has 1 aromatic rings. The van der Waals surface area contributed by atoms with E-state index in [1.165, 1.54) is 32.1 Å². The van der Waals surface area contributed by atoms with Crippen LogP contribution in [0.1, 0.15) is 37.7 Å². The number of pyridine rings is 1. The number of rotatable bonds is 7. The zero-order valence-corrected chi connectivity index (χ0v) is 16.9. The van der Waals surface area contributed by atoms with Crippen molar-refractivity contribution in [2.75, 3.05) is 27.4 Å². The van der Waals surface area contributed by atoms with Crippen molar-refractivity contribution in [3.8, 4) is 5.88 Å². The van der Waals surface area contributed by atoms with Gasteiger partial charge >= 0.3 is 0 Å². The van der Waals surface area contributed by atoms with Gasteiger partial charge in [0.15, 0.2) is 5.96 Å². The molecule has 0 radical (unpaired) electrons. The molecule has 7 heteroatoms. The Hall–Kier alpha value is -1.09. The van der Waals surface area contributed by atoms with E-state index in [4.69, 9.17) is 9.47 Å². The van der Waals surface area contributed by atoms with Crippen LogP contribution in [0.5, 0.6) is 5.88 Å². The van der Waals surface area contributed by atoms with Gasteiger partial charge in [0.2, 0.25) is 5.88 Å². The zero-order chi connectivity index (χ0) is 16.3. The molecule has 1 heterocycles. The SMILES string of the molecule is CN=C(NCc1ccc(OCCOC)nc1)NC1CCCCC1.I. The Morgan fingerprint density at radius 2 is 2.04 bits per heavy atom. The molecule has 24 heavy (non-hydrogen) atoms.